The van der Waals surface area contributed by atoms with Crippen LogP contribution in [-0.2, 0) is 10.0 Å². The van der Waals surface area contributed by atoms with Gasteiger partial charge >= 0.3 is 0 Å². The number of halogens is 1. The van der Waals surface area contributed by atoms with Crippen LogP contribution < -0.4 is 14.8 Å². The first-order chi connectivity index (χ1) is 13.3. The Labute approximate surface area is 191 Å². The van der Waals surface area contributed by atoms with Crippen molar-refractivity contribution in [3.63, 3.8) is 0 Å². The van der Waals surface area contributed by atoms with Gasteiger partial charge in [-0.25, -0.2) is 12.7 Å². The quantitative estimate of drug-likeness (QED) is 0.308. The van der Waals surface area contributed by atoms with Crippen LogP contribution in [0.15, 0.2) is 29.3 Å². The number of hydrogen-bond acceptors (Lipinski definition) is 5. The standard InChI is InChI=1S/C19H32N4O4S.HI/c1-20-19(21-15-16-9-11-23(12-10-16)28(4,24)25)22(2)13-14-27-18-7-5-17(26-3)6-8-18;/h5-8,16H,9-15H2,1-4H3,(H,20,21);1H. The number of nitrogens with one attached hydrogen (secondary N) is 1. The molecule has 1 aliphatic heterocycles. The zero-order valence-electron chi connectivity index (χ0n) is 17.6. The highest BCUT2D eigenvalue weighted by Crippen LogP contribution is 2.18. The van der Waals surface area contributed by atoms with E-state index in [4.69, 9.17) is 9.47 Å². The molecule has 0 saturated carbocycles. The van der Waals surface area contributed by atoms with Crippen molar-refractivity contribution in [2.24, 2.45) is 10.9 Å². The van der Waals surface area contributed by atoms with Crippen LogP contribution in [0, 0.1) is 5.92 Å². The maximum atomic E-state index is 11.6. The number of rotatable bonds is 8. The second-order valence-electron chi connectivity index (χ2n) is 6.98. The number of aliphatic imine (C=N–C) groups is 1. The van der Waals surface area contributed by atoms with Gasteiger partial charge in [0.1, 0.15) is 18.1 Å². The van der Waals surface area contributed by atoms with Crippen molar-refractivity contribution < 1.29 is 17.9 Å². The van der Waals surface area contributed by atoms with Gasteiger partial charge in [-0.2, -0.15) is 0 Å². The minimum Gasteiger partial charge on any atom is -0.497 e. The molecule has 1 aliphatic rings. The van der Waals surface area contributed by atoms with E-state index in [1.807, 2.05) is 36.2 Å². The molecule has 1 aromatic carbocycles. The molecular weight excluding hydrogens is 507 g/mol. The van der Waals surface area contributed by atoms with Crippen molar-refractivity contribution in [3.05, 3.63) is 24.3 Å². The lowest BCUT2D eigenvalue weighted by molar-refractivity contribution is 0.267. The average molecular weight is 540 g/mol. The molecule has 1 aromatic rings. The van der Waals surface area contributed by atoms with Gasteiger partial charge in [-0.05, 0) is 43.0 Å². The number of benzene rings is 1. The largest absolute Gasteiger partial charge is 0.497 e. The summed E-state index contributed by atoms with van der Waals surface area (Å²) in [5.41, 5.74) is 0. The Balaban J connectivity index is 0.00000420. The van der Waals surface area contributed by atoms with Crippen LogP contribution in [0.2, 0.25) is 0 Å². The molecule has 0 aliphatic carbocycles. The number of likely N-dealkylation sites (N-methyl/N-ethyl adjacent to an activating group) is 1. The number of ether oxygens (including phenoxy) is 2. The second-order valence-corrected chi connectivity index (χ2v) is 8.96. The molecule has 0 bridgehead atoms. The lowest BCUT2D eigenvalue weighted by Gasteiger charge is -2.31. The lowest BCUT2D eigenvalue weighted by Crippen LogP contribution is -2.45. The van der Waals surface area contributed by atoms with E-state index in [1.54, 1.807) is 18.5 Å². The third kappa shape index (κ3) is 8.55. The molecule has 0 radical (unpaired) electrons. The molecule has 166 valence electrons. The highest BCUT2D eigenvalue weighted by molar-refractivity contribution is 14.0. The van der Waals surface area contributed by atoms with Gasteiger partial charge in [0.05, 0.1) is 19.9 Å². The number of hydrogen-bond donors (Lipinski definition) is 1. The molecule has 1 N–H and O–H groups in total. The second kappa shape index (κ2) is 12.4. The maximum absolute atomic E-state index is 11.6. The molecule has 1 fully saturated rings. The zero-order chi connectivity index (χ0) is 20.6. The van der Waals surface area contributed by atoms with E-state index >= 15 is 0 Å². The van der Waals surface area contributed by atoms with E-state index in [0.29, 0.717) is 32.2 Å². The fourth-order valence-electron chi connectivity index (χ4n) is 3.14. The normalized spacial score (nSPS) is 16.1. The summed E-state index contributed by atoms with van der Waals surface area (Å²) in [6.45, 7) is 3.20. The summed E-state index contributed by atoms with van der Waals surface area (Å²) in [6, 6.07) is 7.51. The first kappa shape index (κ1) is 25.8. The van der Waals surface area contributed by atoms with Crippen LogP contribution in [0.1, 0.15) is 12.8 Å². The van der Waals surface area contributed by atoms with E-state index in [0.717, 1.165) is 36.8 Å². The van der Waals surface area contributed by atoms with Crippen molar-refractivity contribution in [2.45, 2.75) is 12.8 Å². The Kier molecular flexibility index (Phi) is 11.0. The number of nitrogens with zero attached hydrogens (tertiary/aromatic N) is 3. The maximum Gasteiger partial charge on any atom is 0.211 e. The van der Waals surface area contributed by atoms with Gasteiger partial charge in [-0.3, -0.25) is 4.99 Å². The Bertz CT molecular complexity index is 735. The van der Waals surface area contributed by atoms with Gasteiger partial charge in [0, 0.05) is 33.7 Å². The van der Waals surface area contributed by atoms with E-state index in [-0.39, 0.29) is 24.0 Å². The van der Waals surface area contributed by atoms with Gasteiger partial charge < -0.3 is 19.7 Å². The molecular formula is C19H33IN4O4S. The zero-order valence-corrected chi connectivity index (χ0v) is 20.8. The van der Waals surface area contributed by atoms with Gasteiger partial charge in [-0.15, -0.1) is 24.0 Å². The van der Waals surface area contributed by atoms with E-state index in [2.05, 4.69) is 10.3 Å². The topological polar surface area (TPSA) is 83.5 Å². The summed E-state index contributed by atoms with van der Waals surface area (Å²) in [4.78, 5) is 6.35. The fourth-order valence-corrected chi connectivity index (χ4v) is 4.02. The lowest BCUT2D eigenvalue weighted by atomic mass is 9.98. The van der Waals surface area contributed by atoms with Gasteiger partial charge in [0.2, 0.25) is 10.0 Å². The molecule has 10 heteroatoms. The monoisotopic (exact) mass is 540 g/mol. The molecule has 0 amide bonds. The molecule has 29 heavy (non-hydrogen) atoms. The number of methoxy groups -OCH3 is 1. The summed E-state index contributed by atoms with van der Waals surface area (Å²) in [7, 11) is 2.29. The van der Waals surface area contributed by atoms with Crippen LogP contribution in [0.25, 0.3) is 0 Å². The molecule has 1 saturated heterocycles. The van der Waals surface area contributed by atoms with Crippen molar-refractivity contribution in [2.75, 3.05) is 60.2 Å². The smallest absolute Gasteiger partial charge is 0.211 e. The number of sulfonamides is 1. The average Bonchev–Trinajstić information content (AvgIpc) is 2.68. The minimum atomic E-state index is -3.08. The predicted octanol–water partition coefficient (Wildman–Crippen LogP) is 1.87. The summed E-state index contributed by atoms with van der Waals surface area (Å²) in [6.07, 6.45) is 3.00. The first-order valence-electron chi connectivity index (χ1n) is 9.47. The SMILES string of the molecule is CN=C(NCC1CCN(S(C)(=O)=O)CC1)N(C)CCOc1ccc(OC)cc1.I. The van der Waals surface area contributed by atoms with Gasteiger partial charge in [0.25, 0.3) is 0 Å². The highest BCUT2D eigenvalue weighted by atomic mass is 127. The molecule has 0 aromatic heterocycles. The summed E-state index contributed by atoms with van der Waals surface area (Å²) in [5.74, 6) is 2.86. The van der Waals surface area contributed by atoms with Gasteiger partial charge in [0.15, 0.2) is 5.96 Å². The third-order valence-electron chi connectivity index (χ3n) is 4.92. The van der Waals surface area contributed by atoms with Crippen molar-refractivity contribution in [1.82, 2.24) is 14.5 Å². The minimum absolute atomic E-state index is 0. The summed E-state index contributed by atoms with van der Waals surface area (Å²) >= 11 is 0. The molecule has 1 heterocycles. The summed E-state index contributed by atoms with van der Waals surface area (Å²) < 4.78 is 35.7. The van der Waals surface area contributed by atoms with Crippen LogP contribution in [0.3, 0.4) is 0 Å². The fraction of sp³-hybridized carbons (Fsp3) is 0.632. The number of piperidine rings is 1. The first-order valence-corrected chi connectivity index (χ1v) is 11.3. The number of guanidine groups is 1. The van der Waals surface area contributed by atoms with E-state index in [1.165, 1.54) is 6.26 Å². The third-order valence-corrected chi connectivity index (χ3v) is 6.22. The predicted molar refractivity (Wildman–Crippen MR) is 127 cm³/mol. The van der Waals surface area contributed by atoms with E-state index < -0.39 is 10.0 Å². The van der Waals surface area contributed by atoms with Crippen LogP contribution >= 0.6 is 24.0 Å². The molecule has 0 unspecified atom stereocenters. The Morgan fingerprint density at radius 1 is 1.24 bits per heavy atom. The molecule has 0 atom stereocenters. The highest BCUT2D eigenvalue weighted by Gasteiger charge is 2.25. The Hall–Kier alpha value is -1.27. The Morgan fingerprint density at radius 2 is 1.83 bits per heavy atom. The van der Waals surface area contributed by atoms with Gasteiger partial charge in [-0.1, -0.05) is 0 Å². The van der Waals surface area contributed by atoms with Crippen LogP contribution in [0.5, 0.6) is 11.5 Å². The van der Waals surface area contributed by atoms with Crippen molar-refractivity contribution >= 4 is 40.0 Å². The molecule has 2 rings (SSSR count). The summed E-state index contributed by atoms with van der Waals surface area (Å²) in [5, 5.41) is 3.39. The van der Waals surface area contributed by atoms with Crippen molar-refractivity contribution in [1.29, 1.82) is 0 Å². The molecule has 0 spiro atoms. The van der Waals surface area contributed by atoms with Crippen LogP contribution in [-0.4, -0.2) is 83.8 Å². The van der Waals surface area contributed by atoms with E-state index in [9.17, 15) is 8.42 Å². The van der Waals surface area contributed by atoms with Crippen LogP contribution in [0.4, 0.5) is 0 Å². The Morgan fingerprint density at radius 3 is 2.34 bits per heavy atom. The van der Waals surface area contributed by atoms with Crippen molar-refractivity contribution in [3.8, 4) is 11.5 Å². The molecule has 8 nitrogen and oxygen atoms in total.